The van der Waals surface area contributed by atoms with Crippen LogP contribution in [-0.4, -0.2) is 50.3 Å². The number of pyridine rings is 1. The van der Waals surface area contributed by atoms with Gasteiger partial charge in [0.05, 0.1) is 11.7 Å². The molecular formula is C36H45N7O2. The van der Waals surface area contributed by atoms with E-state index in [1.54, 1.807) is 10.7 Å². The Hall–Kier alpha value is -4.24. The first-order valence-corrected chi connectivity index (χ1v) is 16.2. The summed E-state index contributed by atoms with van der Waals surface area (Å²) in [7, 11) is 0. The molecule has 3 aliphatic rings. The molecule has 3 aromatic rings. The van der Waals surface area contributed by atoms with E-state index in [-0.39, 0.29) is 17.7 Å². The largest absolute Gasteiger partial charge is 0.383 e. The van der Waals surface area contributed by atoms with Crippen LogP contribution in [0.25, 0.3) is 11.1 Å². The summed E-state index contributed by atoms with van der Waals surface area (Å²) in [5.74, 6) is 1.09. The van der Waals surface area contributed by atoms with Gasteiger partial charge in [0.2, 0.25) is 0 Å². The fourth-order valence-corrected chi connectivity index (χ4v) is 6.62. The topological polar surface area (TPSA) is 121 Å². The summed E-state index contributed by atoms with van der Waals surface area (Å²) >= 11 is 0. The van der Waals surface area contributed by atoms with Crippen molar-refractivity contribution in [3.8, 4) is 0 Å². The first-order chi connectivity index (χ1) is 21.6. The predicted molar refractivity (Wildman–Crippen MR) is 181 cm³/mol. The number of aromatic nitrogens is 2. The van der Waals surface area contributed by atoms with E-state index in [1.165, 1.54) is 24.8 Å². The normalized spacial score (nSPS) is 19.7. The van der Waals surface area contributed by atoms with Crippen LogP contribution in [0.15, 0.2) is 70.1 Å². The van der Waals surface area contributed by atoms with Crippen LogP contribution in [-0.2, 0) is 4.79 Å². The molecule has 1 aromatic carbocycles. The van der Waals surface area contributed by atoms with Crippen molar-refractivity contribution in [2.45, 2.75) is 79.4 Å². The third-order valence-electron chi connectivity index (χ3n) is 9.64. The van der Waals surface area contributed by atoms with Crippen molar-refractivity contribution in [2.24, 2.45) is 27.1 Å². The molecule has 45 heavy (non-hydrogen) atoms. The number of carbonyl (C=O) groups is 1. The minimum Gasteiger partial charge on any atom is -0.383 e. The third kappa shape index (κ3) is 6.31. The fraction of sp³-hybridized carbons (Fsp3) is 0.444. The van der Waals surface area contributed by atoms with E-state index >= 15 is 0 Å². The van der Waals surface area contributed by atoms with Crippen molar-refractivity contribution in [3.63, 3.8) is 0 Å². The van der Waals surface area contributed by atoms with Crippen LogP contribution in [0.4, 0.5) is 5.69 Å². The molecule has 0 bridgehead atoms. The number of amidine groups is 2. The highest BCUT2D eigenvalue weighted by molar-refractivity contribution is 6.05. The van der Waals surface area contributed by atoms with Crippen LogP contribution in [0.5, 0.6) is 0 Å². The lowest BCUT2D eigenvalue weighted by Gasteiger charge is -2.56. The summed E-state index contributed by atoms with van der Waals surface area (Å²) in [4.78, 5) is 23.8. The average molecular weight is 608 g/mol. The zero-order chi connectivity index (χ0) is 31.9. The number of anilines is 1. The van der Waals surface area contributed by atoms with E-state index in [0.717, 1.165) is 66.1 Å². The van der Waals surface area contributed by atoms with Crippen LogP contribution in [0.2, 0.25) is 0 Å². The Morgan fingerprint density at radius 3 is 2.58 bits per heavy atom. The molecule has 2 aromatic heterocycles. The summed E-state index contributed by atoms with van der Waals surface area (Å²) in [6.45, 7) is 12.7. The Morgan fingerprint density at radius 2 is 1.91 bits per heavy atom. The minimum atomic E-state index is -1.04. The number of fused-ring (bicyclic) bond motifs is 1. The number of aliphatic imine (C=N–C) groups is 2. The lowest BCUT2D eigenvalue weighted by Crippen LogP contribution is -2.60. The lowest BCUT2D eigenvalue weighted by atomic mass is 9.63. The SMILES string of the molecule is CC/C=C(C)/C(=C(/C)N=C(C)N1CC2(CCC2)C1)c1ccn2ncc(C(O)Nc3cc(C(N)=NC(=O)C4CC4)ccc3C)c2c1. The van der Waals surface area contributed by atoms with Gasteiger partial charge in [0.25, 0.3) is 5.91 Å². The van der Waals surface area contributed by atoms with E-state index in [4.69, 9.17) is 10.7 Å². The molecule has 2 aliphatic carbocycles. The average Bonchev–Trinajstić information content (AvgIpc) is 3.72. The van der Waals surface area contributed by atoms with Gasteiger partial charge in [0.15, 0.2) is 6.23 Å². The summed E-state index contributed by atoms with van der Waals surface area (Å²) in [5, 5.41) is 19.2. The Kier molecular flexibility index (Phi) is 8.39. The molecule has 1 saturated heterocycles. The summed E-state index contributed by atoms with van der Waals surface area (Å²) in [5.41, 5.74) is 14.7. The lowest BCUT2D eigenvalue weighted by molar-refractivity contribution is -0.118. The number of allylic oxidation sites excluding steroid dienone is 4. The first kappa shape index (κ1) is 30.8. The van der Waals surface area contributed by atoms with Crippen LogP contribution in [0.3, 0.4) is 0 Å². The van der Waals surface area contributed by atoms with Crippen molar-refractivity contribution < 1.29 is 9.90 Å². The molecule has 1 atom stereocenters. The molecule has 1 aliphatic heterocycles. The molecule has 3 heterocycles. The van der Waals surface area contributed by atoms with Gasteiger partial charge in [-0.3, -0.25) is 4.79 Å². The maximum absolute atomic E-state index is 12.2. The molecule has 3 fully saturated rings. The van der Waals surface area contributed by atoms with E-state index < -0.39 is 6.23 Å². The van der Waals surface area contributed by atoms with E-state index in [0.29, 0.717) is 22.2 Å². The molecule has 6 rings (SSSR count). The van der Waals surface area contributed by atoms with Crippen LogP contribution in [0, 0.1) is 18.3 Å². The maximum Gasteiger partial charge on any atom is 0.250 e. The van der Waals surface area contributed by atoms with Gasteiger partial charge >= 0.3 is 0 Å². The smallest absolute Gasteiger partial charge is 0.250 e. The van der Waals surface area contributed by atoms with E-state index in [9.17, 15) is 9.90 Å². The molecule has 1 amide bonds. The van der Waals surface area contributed by atoms with Crippen LogP contribution >= 0.6 is 0 Å². The fourth-order valence-electron chi connectivity index (χ4n) is 6.62. The number of nitrogens with one attached hydrogen (secondary N) is 1. The number of carbonyl (C=O) groups excluding carboxylic acids is 1. The summed E-state index contributed by atoms with van der Waals surface area (Å²) in [6, 6.07) is 9.71. The van der Waals surface area contributed by atoms with Crippen LogP contribution < -0.4 is 11.1 Å². The molecule has 4 N–H and O–H groups in total. The van der Waals surface area contributed by atoms with Crippen LogP contribution in [0.1, 0.15) is 94.7 Å². The van der Waals surface area contributed by atoms with Crippen molar-refractivity contribution in [3.05, 3.63) is 82.3 Å². The van der Waals surface area contributed by atoms with Gasteiger partial charge in [-0.2, -0.15) is 10.1 Å². The monoisotopic (exact) mass is 607 g/mol. The molecule has 1 unspecified atom stereocenters. The van der Waals surface area contributed by atoms with Gasteiger partial charge in [-0.1, -0.05) is 31.6 Å². The standard InChI is InChI=1S/C36H45N7O2/c1-6-8-23(3)32(24(4)39-25(5)42-20-36(21-42)14-7-15-36)27-13-16-43-31(18-27)29(19-38-43)35(45)40-30-17-28(10-9-22(30)2)33(37)41-34(44)26-11-12-26/h8-10,13,16-19,26,35,40,45H,6-7,11-12,14-15,20-21H2,1-5H3,(H2,37,41,44)/b23-8+,32-24+,39-25?. The predicted octanol–water partition coefficient (Wildman–Crippen LogP) is 6.38. The quantitative estimate of drug-likeness (QED) is 0.112. The zero-order valence-electron chi connectivity index (χ0n) is 27.1. The highest BCUT2D eigenvalue weighted by Gasteiger charge is 2.47. The molecule has 9 heteroatoms. The summed E-state index contributed by atoms with van der Waals surface area (Å²) < 4.78 is 1.78. The second-order valence-corrected chi connectivity index (χ2v) is 13.2. The van der Waals surface area contributed by atoms with Gasteiger partial charge in [0.1, 0.15) is 11.7 Å². The maximum atomic E-state index is 12.2. The van der Waals surface area contributed by atoms with Gasteiger partial charge in [-0.05, 0) is 94.7 Å². The summed E-state index contributed by atoms with van der Waals surface area (Å²) in [6.07, 6.45) is 11.5. The van der Waals surface area contributed by atoms with E-state index in [1.807, 2.05) is 31.3 Å². The van der Waals surface area contributed by atoms with E-state index in [2.05, 4.69) is 66.2 Å². The third-order valence-corrected chi connectivity index (χ3v) is 9.64. The van der Waals surface area contributed by atoms with Crippen molar-refractivity contribution in [2.75, 3.05) is 18.4 Å². The second-order valence-electron chi connectivity index (χ2n) is 13.2. The molecule has 1 spiro atoms. The molecular weight excluding hydrogens is 562 g/mol. The number of hydrogen-bond acceptors (Lipinski definition) is 5. The number of nitrogens with two attached hydrogens (primary N) is 1. The van der Waals surface area contributed by atoms with Gasteiger partial charge in [0, 0.05) is 58.7 Å². The number of nitrogens with zero attached hydrogens (tertiary/aromatic N) is 5. The Balaban J connectivity index is 1.28. The number of aryl methyl sites for hydroxylation is 1. The number of benzene rings is 1. The Bertz CT molecular complexity index is 1750. The highest BCUT2D eigenvalue weighted by Crippen LogP contribution is 2.48. The Morgan fingerprint density at radius 1 is 1.16 bits per heavy atom. The van der Waals surface area contributed by atoms with Gasteiger partial charge in [-0.15, -0.1) is 0 Å². The number of aliphatic hydroxyl groups excluding tert-OH is 1. The van der Waals surface area contributed by atoms with Gasteiger partial charge in [-0.25, -0.2) is 9.51 Å². The molecule has 0 radical (unpaired) electrons. The zero-order valence-corrected chi connectivity index (χ0v) is 27.1. The molecule has 236 valence electrons. The first-order valence-electron chi connectivity index (χ1n) is 16.2. The second kappa shape index (κ2) is 12.3. The number of likely N-dealkylation sites (tertiary alicyclic amines) is 1. The number of hydrogen-bond donors (Lipinski definition) is 3. The van der Waals surface area contributed by atoms with Crippen molar-refractivity contribution in [1.82, 2.24) is 14.5 Å². The molecule has 9 nitrogen and oxygen atoms in total. The number of rotatable bonds is 9. The Labute approximate surface area is 265 Å². The van der Waals surface area contributed by atoms with Crippen molar-refractivity contribution >= 4 is 34.4 Å². The number of aliphatic hydroxyl groups is 1. The highest BCUT2D eigenvalue weighted by atomic mass is 16.3. The van der Waals surface area contributed by atoms with Crippen molar-refractivity contribution in [1.29, 1.82) is 0 Å². The van der Waals surface area contributed by atoms with Gasteiger partial charge < -0.3 is 21.1 Å². The molecule has 2 saturated carbocycles. The number of amides is 1. The minimum absolute atomic E-state index is 0.00478.